The predicted molar refractivity (Wildman–Crippen MR) is 119 cm³/mol. The molecule has 1 aromatic carbocycles. The highest BCUT2D eigenvalue weighted by Gasteiger charge is 2.37. The monoisotopic (exact) mass is 441 g/mol. The van der Waals surface area contributed by atoms with E-state index in [1.165, 1.54) is 6.20 Å². The predicted octanol–water partition coefficient (Wildman–Crippen LogP) is 3.52. The molecule has 1 aliphatic rings. The molecule has 164 valence electrons. The maximum Gasteiger partial charge on any atom is 0.269 e. The molecule has 31 heavy (non-hydrogen) atoms. The highest BCUT2D eigenvalue weighted by atomic mass is 32.2. The van der Waals surface area contributed by atoms with Crippen LogP contribution in [-0.2, 0) is 10.0 Å². The van der Waals surface area contributed by atoms with Crippen LogP contribution in [-0.4, -0.2) is 45.1 Å². The van der Waals surface area contributed by atoms with Crippen molar-refractivity contribution in [3.63, 3.8) is 0 Å². The quantitative estimate of drug-likeness (QED) is 0.590. The second-order valence-corrected chi connectivity index (χ2v) is 9.95. The Kier molecular flexibility index (Phi) is 5.57. The van der Waals surface area contributed by atoms with Crippen molar-refractivity contribution in [2.24, 2.45) is 10.9 Å². The van der Waals surface area contributed by atoms with Crippen molar-refractivity contribution in [2.75, 3.05) is 0 Å². The molecule has 3 atom stereocenters. The summed E-state index contributed by atoms with van der Waals surface area (Å²) in [7, 11) is -3.85. The van der Waals surface area contributed by atoms with Gasteiger partial charge in [0.05, 0.1) is 16.7 Å². The lowest BCUT2D eigenvalue weighted by Crippen LogP contribution is -2.14. The van der Waals surface area contributed by atoms with Crippen molar-refractivity contribution >= 4 is 22.6 Å². The molecule has 2 aromatic heterocycles. The topological polar surface area (TPSA) is 102 Å². The van der Waals surface area contributed by atoms with Gasteiger partial charge in [-0.25, -0.2) is 17.4 Å². The Morgan fingerprint density at radius 2 is 1.87 bits per heavy atom. The number of aromatic nitrogens is 4. The van der Waals surface area contributed by atoms with Gasteiger partial charge in [-0.1, -0.05) is 31.0 Å². The van der Waals surface area contributed by atoms with E-state index < -0.39 is 10.0 Å². The van der Waals surface area contributed by atoms with E-state index in [-0.39, 0.29) is 28.7 Å². The van der Waals surface area contributed by atoms with Crippen LogP contribution in [0, 0.1) is 19.8 Å². The lowest BCUT2D eigenvalue weighted by Gasteiger charge is -2.18. The van der Waals surface area contributed by atoms with Gasteiger partial charge in [-0.15, -0.1) is 10.2 Å². The molecule has 0 amide bonds. The Morgan fingerprint density at radius 3 is 2.52 bits per heavy atom. The molecule has 0 bridgehead atoms. The lowest BCUT2D eigenvalue weighted by molar-refractivity contribution is 0.176. The van der Waals surface area contributed by atoms with Crippen LogP contribution in [0.25, 0.3) is 5.69 Å². The van der Waals surface area contributed by atoms with Crippen LogP contribution in [0.3, 0.4) is 0 Å². The van der Waals surface area contributed by atoms with E-state index in [1.54, 1.807) is 30.3 Å². The first-order chi connectivity index (χ1) is 14.8. The maximum atomic E-state index is 13.3. The normalized spacial score (nSPS) is 21.5. The van der Waals surface area contributed by atoms with Gasteiger partial charge in [-0.3, -0.25) is 4.57 Å². The average Bonchev–Trinajstić information content (AvgIpc) is 3.43. The van der Waals surface area contributed by atoms with Crippen LogP contribution in [0.4, 0.5) is 5.82 Å². The van der Waals surface area contributed by atoms with Gasteiger partial charge in [0.15, 0.2) is 5.82 Å². The third kappa shape index (κ3) is 3.61. The summed E-state index contributed by atoms with van der Waals surface area (Å²) in [6.45, 7) is 9.45. The van der Waals surface area contributed by atoms with Gasteiger partial charge in [0, 0.05) is 12.1 Å². The number of aliphatic imine (C=N–C) groups is 1. The summed E-state index contributed by atoms with van der Waals surface area (Å²) in [5.74, 6) is 1.88. The summed E-state index contributed by atoms with van der Waals surface area (Å²) in [5, 5.41) is 18.9. The zero-order valence-corrected chi connectivity index (χ0v) is 18.7. The van der Waals surface area contributed by atoms with Crippen LogP contribution in [0.1, 0.15) is 49.3 Å². The lowest BCUT2D eigenvalue weighted by atomic mass is 9.93. The number of aliphatic hydroxyl groups is 1. The van der Waals surface area contributed by atoms with Crippen molar-refractivity contribution < 1.29 is 13.5 Å². The highest BCUT2D eigenvalue weighted by Crippen LogP contribution is 2.42. The van der Waals surface area contributed by atoms with E-state index in [4.69, 9.17) is 0 Å². The highest BCUT2D eigenvalue weighted by molar-refractivity contribution is 7.90. The smallest absolute Gasteiger partial charge is 0.269 e. The van der Waals surface area contributed by atoms with E-state index in [1.807, 2.05) is 18.4 Å². The molecule has 1 fully saturated rings. The zero-order chi connectivity index (χ0) is 22.3. The van der Waals surface area contributed by atoms with Crippen molar-refractivity contribution in [1.29, 1.82) is 0 Å². The van der Waals surface area contributed by atoms with E-state index in [0.717, 1.165) is 28.2 Å². The summed E-state index contributed by atoms with van der Waals surface area (Å²) in [4.78, 5) is 4.24. The van der Waals surface area contributed by atoms with Gasteiger partial charge in [0.25, 0.3) is 10.0 Å². The van der Waals surface area contributed by atoms with E-state index in [0.29, 0.717) is 17.9 Å². The largest absolute Gasteiger partial charge is 0.393 e. The average molecular weight is 442 g/mol. The van der Waals surface area contributed by atoms with Crippen molar-refractivity contribution in [3.05, 3.63) is 53.7 Å². The van der Waals surface area contributed by atoms with Gasteiger partial charge in [0.2, 0.25) is 0 Å². The fraction of sp³-hybridized carbons (Fsp3) is 0.409. The molecule has 1 aliphatic carbocycles. The molecule has 3 aromatic rings. The van der Waals surface area contributed by atoms with Gasteiger partial charge in [-0.05, 0) is 57.5 Å². The second kappa shape index (κ2) is 8.05. The van der Waals surface area contributed by atoms with Gasteiger partial charge < -0.3 is 5.11 Å². The van der Waals surface area contributed by atoms with Gasteiger partial charge in [-0.2, -0.15) is 0 Å². The first-order valence-corrected chi connectivity index (χ1v) is 11.8. The fourth-order valence-electron chi connectivity index (χ4n) is 4.52. The Hall–Kier alpha value is -2.78. The summed E-state index contributed by atoms with van der Waals surface area (Å²) in [6.07, 6.45) is 3.36. The Balaban J connectivity index is 1.83. The molecule has 1 N–H and O–H groups in total. The van der Waals surface area contributed by atoms with E-state index in [9.17, 15) is 13.5 Å². The van der Waals surface area contributed by atoms with E-state index >= 15 is 0 Å². The molecule has 0 spiro atoms. The Labute approximate surface area is 182 Å². The van der Waals surface area contributed by atoms with Crippen molar-refractivity contribution in [1.82, 2.24) is 18.7 Å². The first-order valence-electron chi connectivity index (χ1n) is 10.4. The zero-order valence-electron chi connectivity index (χ0n) is 17.9. The standard InChI is InChI=1S/C22H27N5O3S/c1-5-16-12-17(28)13-19(16)21-25-24-15(3)27(21)20-10-11-26(22(20)23-4)31(29,30)18-8-6-14(2)7-9-18/h6-11,16-17,19,28H,4-5,12-13H2,1-3H3. The van der Waals surface area contributed by atoms with Gasteiger partial charge >= 0.3 is 0 Å². The molecule has 0 saturated heterocycles. The summed E-state index contributed by atoms with van der Waals surface area (Å²) >= 11 is 0. The van der Waals surface area contributed by atoms with Gasteiger partial charge in [0.1, 0.15) is 11.6 Å². The van der Waals surface area contributed by atoms with E-state index in [2.05, 4.69) is 28.8 Å². The maximum absolute atomic E-state index is 13.3. The number of nitrogens with zero attached hydrogens (tertiary/aromatic N) is 5. The summed E-state index contributed by atoms with van der Waals surface area (Å²) < 4.78 is 29.5. The number of hydrogen-bond donors (Lipinski definition) is 1. The van der Waals surface area contributed by atoms with Crippen LogP contribution < -0.4 is 0 Å². The SMILES string of the molecule is C=Nc1c(-n2c(C)nnc2C2CC(O)CC2CC)ccn1S(=O)(=O)c1ccc(C)cc1. The molecular weight excluding hydrogens is 414 g/mol. The number of rotatable bonds is 6. The third-order valence-electron chi connectivity index (χ3n) is 6.15. The molecule has 8 nitrogen and oxygen atoms in total. The summed E-state index contributed by atoms with van der Waals surface area (Å²) in [6, 6.07) is 8.38. The first kappa shape index (κ1) is 21.5. The van der Waals surface area contributed by atoms with Crippen molar-refractivity contribution in [2.45, 2.75) is 57.0 Å². The molecule has 2 heterocycles. The molecule has 1 saturated carbocycles. The third-order valence-corrected chi connectivity index (χ3v) is 7.83. The number of hydrogen-bond acceptors (Lipinski definition) is 6. The minimum absolute atomic E-state index is 0.0379. The number of aliphatic hydroxyl groups excluding tert-OH is 1. The Morgan fingerprint density at radius 1 is 1.16 bits per heavy atom. The minimum atomic E-state index is -3.85. The number of aryl methyl sites for hydroxylation is 2. The van der Waals surface area contributed by atoms with Crippen LogP contribution in [0.15, 0.2) is 46.4 Å². The Bertz CT molecular complexity index is 1210. The molecule has 0 aliphatic heterocycles. The van der Waals surface area contributed by atoms with Crippen LogP contribution in [0.5, 0.6) is 0 Å². The minimum Gasteiger partial charge on any atom is -0.393 e. The fourth-order valence-corrected chi connectivity index (χ4v) is 5.83. The molecule has 0 radical (unpaired) electrons. The summed E-state index contributed by atoms with van der Waals surface area (Å²) in [5.41, 5.74) is 1.53. The second-order valence-electron chi connectivity index (χ2n) is 8.14. The van der Waals surface area contributed by atoms with Crippen LogP contribution in [0.2, 0.25) is 0 Å². The molecule has 9 heteroatoms. The molecule has 4 rings (SSSR count). The molecular formula is C22H27N5O3S. The molecule has 3 unspecified atom stereocenters. The number of benzene rings is 1. The van der Waals surface area contributed by atoms with Crippen LogP contribution >= 0.6 is 0 Å². The van der Waals surface area contributed by atoms with Crippen molar-refractivity contribution in [3.8, 4) is 5.69 Å².